The minimum absolute atomic E-state index is 0.132. The molecule has 2 aromatic rings. The Bertz CT molecular complexity index is 620. The zero-order valence-electron chi connectivity index (χ0n) is 11.1. The van der Waals surface area contributed by atoms with Crippen LogP contribution in [0.3, 0.4) is 0 Å². The van der Waals surface area contributed by atoms with Gasteiger partial charge in [0.15, 0.2) is 5.65 Å². The van der Waals surface area contributed by atoms with Crippen LogP contribution in [0.1, 0.15) is 25.5 Å². The van der Waals surface area contributed by atoms with Gasteiger partial charge in [-0.15, -0.1) is 5.10 Å². The van der Waals surface area contributed by atoms with Crippen molar-refractivity contribution in [3.8, 4) is 0 Å². The number of fused-ring (bicyclic) bond motifs is 1. The lowest BCUT2D eigenvalue weighted by Crippen LogP contribution is -2.41. The second kappa shape index (κ2) is 4.64. The first-order valence-electron chi connectivity index (χ1n) is 6.67. The van der Waals surface area contributed by atoms with Gasteiger partial charge in [0.25, 0.3) is 0 Å². The third kappa shape index (κ3) is 2.21. The largest absolute Gasteiger partial charge is 0.408 e. The van der Waals surface area contributed by atoms with Crippen LogP contribution in [-0.2, 0) is 6.42 Å². The lowest BCUT2D eigenvalue weighted by Gasteiger charge is -2.27. The Morgan fingerprint density at radius 1 is 1.35 bits per heavy atom. The maximum absolute atomic E-state index is 13.0. The van der Waals surface area contributed by atoms with Crippen molar-refractivity contribution >= 4 is 11.5 Å². The van der Waals surface area contributed by atoms with Crippen LogP contribution in [0, 0.1) is 0 Å². The summed E-state index contributed by atoms with van der Waals surface area (Å²) < 4.78 is 40.5. The highest BCUT2D eigenvalue weighted by Gasteiger charge is 2.46. The second-order valence-corrected chi connectivity index (χ2v) is 4.97. The average molecular weight is 284 g/mol. The Morgan fingerprint density at radius 3 is 2.85 bits per heavy atom. The number of aromatic nitrogens is 3. The highest BCUT2D eigenvalue weighted by molar-refractivity contribution is 5.48. The second-order valence-electron chi connectivity index (χ2n) is 4.97. The van der Waals surface area contributed by atoms with E-state index in [0.29, 0.717) is 24.4 Å². The van der Waals surface area contributed by atoms with E-state index in [0.717, 1.165) is 12.1 Å². The lowest BCUT2D eigenvalue weighted by atomic mass is 10.2. The first-order valence-corrected chi connectivity index (χ1v) is 6.67. The van der Waals surface area contributed by atoms with Gasteiger partial charge in [0.1, 0.15) is 11.9 Å². The van der Waals surface area contributed by atoms with Crippen LogP contribution in [0.4, 0.5) is 19.0 Å². The molecule has 0 aromatic carbocycles. The van der Waals surface area contributed by atoms with Crippen LogP contribution in [-0.4, -0.2) is 33.4 Å². The Kier molecular flexibility index (Phi) is 3.07. The molecule has 1 unspecified atom stereocenters. The minimum atomic E-state index is -4.21. The van der Waals surface area contributed by atoms with E-state index < -0.39 is 12.2 Å². The number of aryl methyl sites for hydroxylation is 1. The molecule has 0 spiro atoms. The van der Waals surface area contributed by atoms with E-state index in [2.05, 4.69) is 10.1 Å². The molecule has 0 radical (unpaired) electrons. The molecule has 1 atom stereocenters. The third-order valence-electron chi connectivity index (χ3n) is 3.64. The van der Waals surface area contributed by atoms with Crippen molar-refractivity contribution in [2.24, 2.45) is 0 Å². The summed E-state index contributed by atoms with van der Waals surface area (Å²) >= 11 is 0. The minimum Gasteiger partial charge on any atom is -0.343 e. The predicted octanol–water partition coefficient (Wildman–Crippen LogP) is 2.82. The van der Waals surface area contributed by atoms with Crippen LogP contribution in [0.25, 0.3) is 5.65 Å². The van der Waals surface area contributed by atoms with Crippen molar-refractivity contribution in [3.05, 3.63) is 24.0 Å². The topological polar surface area (TPSA) is 33.4 Å². The zero-order valence-corrected chi connectivity index (χ0v) is 11.1. The van der Waals surface area contributed by atoms with Crippen molar-refractivity contribution < 1.29 is 13.2 Å². The van der Waals surface area contributed by atoms with E-state index >= 15 is 0 Å². The first kappa shape index (κ1) is 13.2. The number of halogens is 3. The van der Waals surface area contributed by atoms with E-state index in [9.17, 15) is 13.2 Å². The molecule has 1 saturated heterocycles. The Morgan fingerprint density at radius 2 is 2.15 bits per heavy atom. The number of hydrogen-bond donors (Lipinski definition) is 0. The Labute approximate surface area is 114 Å². The summed E-state index contributed by atoms with van der Waals surface area (Å²) in [4.78, 5) is 5.66. The highest BCUT2D eigenvalue weighted by atomic mass is 19.4. The summed E-state index contributed by atoms with van der Waals surface area (Å²) in [5, 5.41) is 4.27. The zero-order chi connectivity index (χ0) is 14.3. The van der Waals surface area contributed by atoms with Crippen LogP contribution in [0.15, 0.2) is 18.3 Å². The van der Waals surface area contributed by atoms with Crippen molar-refractivity contribution in [1.82, 2.24) is 14.6 Å². The molecule has 0 N–H and O–H groups in total. The molecule has 1 fully saturated rings. The normalized spacial score (nSPS) is 20.0. The fourth-order valence-electron chi connectivity index (χ4n) is 2.63. The first-order chi connectivity index (χ1) is 9.49. The van der Waals surface area contributed by atoms with Gasteiger partial charge in [0, 0.05) is 6.54 Å². The molecule has 108 valence electrons. The summed E-state index contributed by atoms with van der Waals surface area (Å²) in [5.41, 5.74) is 1.54. The SMILES string of the molecule is CCc1cn2nc(N3CCCC3C(F)(F)F)ccc2n1. The van der Waals surface area contributed by atoms with Crippen LogP contribution >= 0.6 is 0 Å². The van der Waals surface area contributed by atoms with Gasteiger partial charge in [-0.25, -0.2) is 9.50 Å². The fourth-order valence-corrected chi connectivity index (χ4v) is 2.63. The van der Waals surface area contributed by atoms with E-state index in [1.54, 1.807) is 22.8 Å². The maximum atomic E-state index is 13.0. The number of hydrogen-bond acceptors (Lipinski definition) is 3. The van der Waals surface area contributed by atoms with Crippen LogP contribution in [0.5, 0.6) is 0 Å². The van der Waals surface area contributed by atoms with Crippen molar-refractivity contribution in [3.63, 3.8) is 0 Å². The number of alkyl halides is 3. The van der Waals surface area contributed by atoms with Crippen LogP contribution in [0.2, 0.25) is 0 Å². The molecule has 0 amide bonds. The van der Waals surface area contributed by atoms with Gasteiger partial charge in [-0.05, 0) is 31.4 Å². The smallest absolute Gasteiger partial charge is 0.343 e. The molecular weight excluding hydrogens is 269 g/mol. The Balaban J connectivity index is 1.97. The van der Waals surface area contributed by atoms with Gasteiger partial charge >= 0.3 is 6.18 Å². The monoisotopic (exact) mass is 284 g/mol. The molecule has 1 aliphatic rings. The molecule has 1 aliphatic heterocycles. The molecule has 20 heavy (non-hydrogen) atoms. The van der Waals surface area contributed by atoms with E-state index in [4.69, 9.17) is 0 Å². The fraction of sp³-hybridized carbons (Fsp3) is 0.538. The summed E-state index contributed by atoms with van der Waals surface area (Å²) in [6.07, 6.45) is -1.01. The van der Waals surface area contributed by atoms with Gasteiger partial charge in [0.05, 0.1) is 11.9 Å². The highest BCUT2D eigenvalue weighted by Crippen LogP contribution is 2.35. The van der Waals surface area contributed by atoms with Gasteiger partial charge in [-0.2, -0.15) is 13.2 Å². The predicted molar refractivity (Wildman–Crippen MR) is 68.8 cm³/mol. The van der Waals surface area contributed by atoms with Gasteiger partial charge < -0.3 is 4.90 Å². The lowest BCUT2D eigenvalue weighted by molar-refractivity contribution is -0.146. The molecule has 0 bridgehead atoms. The molecule has 0 saturated carbocycles. The van der Waals surface area contributed by atoms with Gasteiger partial charge in [0.2, 0.25) is 0 Å². The summed E-state index contributed by atoms with van der Waals surface area (Å²) in [6.45, 7) is 2.36. The van der Waals surface area contributed by atoms with E-state index in [1.165, 1.54) is 4.90 Å². The van der Waals surface area contributed by atoms with Crippen molar-refractivity contribution in [1.29, 1.82) is 0 Å². The molecular formula is C13H15F3N4. The summed E-state index contributed by atoms with van der Waals surface area (Å²) in [7, 11) is 0. The third-order valence-corrected chi connectivity index (χ3v) is 3.64. The molecule has 2 aromatic heterocycles. The molecule has 4 nitrogen and oxygen atoms in total. The quantitative estimate of drug-likeness (QED) is 0.850. The number of rotatable bonds is 2. The van der Waals surface area contributed by atoms with Gasteiger partial charge in [-0.1, -0.05) is 6.92 Å². The molecule has 7 heteroatoms. The van der Waals surface area contributed by atoms with E-state index in [-0.39, 0.29) is 6.42 Å². The van der Waals surface area contributed by atoms with Crippen molar-refractivity contribution in [2.75, 3.05) is 11.4 Å². The summed E-state index contributed by atoms with van der Waals surface area (Å²) in [5.74, 6) is 0.359. The molecule has 3 heterocycles. The Hall–Kier alpha value is -1.79. The van der Waals surface area contributed by atoms with E-state index in [1.807, 2.05) is 6.92 Å². The summed E-state index contributed by atoms with van der Waals surface area (Å²) in [6, 6.07) is 1.90. The molecule has 3 rings (SSSR count). The van der Waals surface area contributed by atoms with Crippen molar-refractivity contribution in [2.45, 2.75) is 38.4 Å². The number of imidazole rings is 1. The number of anilines is 1. The molecule has 0 aliphatic carbocycles. The van der Waals surface area contributed by atoms with Gasteiger partial charge in [-0.3, -0.25) is 0 Å². The standard InChI is InChI=1S/C13H15F3N4/c1-2-9-8-20-11(17-9)5-6-12(18-20)19-7-3-4-10(19)13(14,15)16/h5-6,8,10H,2-4,7H2,1H3. The number of nitrogens with zero attached hydrogens (tertiary/aromatic N) is 4. The maximum Gasteiger partial charge on any atom is 0.408 e. The average Bonchev–Trinajstić information content (AvgIpc) is 3.03. The van der Waals surface area contributed by atoms with Crippen LogP contribution < -0.4 is 4.90 Å².